The number of rotatable bonds is 5. The molecule has 5 heteroatoms. The molecule has 1 unspecified atom stereocenters. The molecule has 1 amide bonds. The van der Waals surface area contributed by atoms with E-state index in [9.17, 15) is 9.59 Å². The Morgan fingerprint density at radius 1 is 1.39 bits per heavy atom. The molecule has 0 saturated carbocycles. The van der Waals surface area contributed by atoms with Gasteiger partial charge in [-0.2, -0.15) is 0 Å². The molecule has 18 heavy (non-hydrogen) atoms. The number of carbonyl (C=O) groups excluding carboxylic acids is 1. The minimum atomic E-state index is -1.16. The lowest BCUT2D eigenvalue weighted by molar-refractivity contribution is 0.0648. The average Bonchev–Trinajstić information content (AvgIpc) is 2.74. The van der Waals surface area contributed by atoms with Crippen molar-refractivity contribution in [2.45, 2.75) is 33.2 Å². The number of hydrogen-bond acceptors (Lipinski definition) is 3. The third-order valence-corrected chi connectivity index (χ3v) is 2.88. The fourth-order valence-electron chi connectivity index (χ4n) is 1.84. The van der Waals surface area contributed by atoms with Crippen molar-refractivity contribution in [3.05, 3.63) is 23.7 Å². The second-order valence-electron chi connectivity index (χ2n) is 4.86. The molecule has 1 atom stereocenters. The Morgan fingerprint density at radius 3 is 2.50 bits per heavy atom. The lowest BCUT2D eigenvalue weighted by Crippen LogP contribution is -2.36. The van der Waals surface area contributed by atoms with E-state index in [1.54, 1.807) is 7.05 Å². The lowest BCUT2D eigenvalue weighted by atomic mass is 10.0. The fourth-order valence-corrected chi connectivity index (χ4v) is 1.84. The number of amides is 1. The van der Waals surface area contributed by atoms with Crippen molar-refractivity contribution in [3.63, 3.8) is 0 Å². The van der Waals surface area contributed by atoms with Crippen LogP contribution in [0, 0.1) is 5.92 Å². The zero-order chi connectivity index (χ0) is 13.9. The van der Waals surface area contributed by atoms with Crippen LogP contribution in [0.15, 0.2) is 16.7 Å². The minimum absolute atomic E-state index is 0.0317. The van der Waals surface area contributed by atoms with Crippen LogP contribution in [0.1, 0.15) is 48.1 Å². The summed E-state index contributed by atoms with van der Waals surface area (Å²) in [6.07, 6.45) is 2.07. The summed E-state index contributed by atoms with van der Waals surface area (Å²) in [5.74, 6) is -1.20. The maximum atomic E-state index is 12.1. The Labute approximate surface area is 106 Å². The standard InChI is InChI=1S/C13H19NO4/c1-8(2)7-9(3)14(4)12(15)11-10(13(16)17)5-6-18-11/h5-6,8-9H,7H2,1-4H3,(H,16,17). The van der Waals surface area contributed by atoms with Gasteiger partial charge in [0.2, 0.25) is 5.76 Å². The van der Waals surface area contributed by atoms with E-state index in [2.05, 4.69) is 13.8 Å². The van der Waals surface area contributed by atoms with Gasteiger partial charge < -0.3 is 14.4 Å². The van der Waals surface area contributed by atoms with Gasteiger partial charge in [0.15, 0.2) is 0 Å². The normalized spacial score (nSPS) is 12.5. The smallest absolute Gasteiger partial charge is 0.339 e. The predicted molar refractivity (Wildman–Crippen MR) is 66.7 cm³/mol. The van der Waals surface area contributed by atoms with E-state index < -0.39 is 11.9 Å². The van der Waals surface area contributed by atoms with Crippen LogP contribution in [0.25, 0.3) is 0 Å². The van der Waals surface area contributed by atoms with Gasteiger partial charge in [0.05, 0.1) is 6.26 Å². The van der Waals surface area contributed by atoms with Crippen LogP contribution in [-0.4, -0.2) is 35.0 Å². The van der Waals surface area contributed by atoms with Gasteiger partial charge in [-0.1, -0.05) is 13.8 Å². The quantitative estimate of drug-likeness (QED) is 0.875. The summed E-state index contributed by atoms with van der Waals surface area (Å²) in [4.78, 5) is 24.6. The van der Waals surface area contributed by atoms with Gasteiger partial charge in [-0.25, -0.2) is 4.79 Å². The van der Waals surface area contributed by atoms with E-state index >= 15 is 0 Å². The average molecular weight is 253 g/mol. The van der Waals surface area contributed by atoms with Crippen molar-refractivity contribution in [2.24, 2.45) is 5.92 Å². The summed E-state index contributed by atoms with van der Waals surface area (Å²) in [6.45, 7) is 6.08. The highest BCUT2D eigenvalue weighted by atomic mass is 16.4. The Hall–Kier alpha value is -1.78. The zero-order valence-corrected chi connectivity index (χ0v) is 11.1. The number of hydrogen-bond donors (Lipinski definition) is 1. The topological polar surface area (TPSA) is 70.8 Å². The molecule has 1 heterocycles. The highest BCUT2D eigenvalue weighted by molar-refractivity contribution is 6.02. The maximum Gasteiger partial charge on any atom is 0.339 e. The third-order valence-electron chi connectivity index (χ3n) is 2.88. The molecule has 1 aromatic heterocycles. The van der Waals surface area contributed by atoms with Gasteiger partial charge in [-0.05, 0) is 25.3 Å². The van der Waals surface area contributed by atoms with E-state index in [1.807, 2.05) is 6.92 Å². The molecular weight excluding hydrogens is 234 g/mol. The molecule has 0 aliphatic rings. The Kier molecular flexibility index (Phi) is 4.53. The summed E-state index contributed by atoms with van der Waals surface area (Å²) in [5.41, 5.74) is -0.0939. The first-order chi connectivity index (χ1) is 8.34. The van der Waals surface area contributed by atoms with E-state index in [4.69, 9.17) is 9.52 Å². The van der Waals surface area contributed by atoms with Gasteiger partial charge in [-0.15, -0.1) is 0 Å². The molecule has 0 saturated heterocycles. The molecule has 0 spiro atoms. The first kappa shape index (κ1) is 14.3. The third kappa shape index (κ3) is 3.12. The molecule has 100 valence electrons. The number of carboxylic acid groups (broad SMARTS) is 1. The summed E-state index contributed by atoms with van der Waals surface area (Å²) in [7, 11) is 1.66. The SMILES string of the molecule is CC(C)CC(C)N(C)C(=O)c1occc1C(=O)O. The molecule has 0 radical (unpaired) electrons. The Morgan fingerprint density at radius 2 is 2.00 bits per heavy atom. The van der Waals surface area contributed by atoms with Crippen molar-refractivity contribution >= 4 is 11.9 Å². The first-order valence-corrected chi connectivity index (χ1v) is 5.92. The lowest BCUT2D eigenvalue weighted by Gasteiger charge is -2.25. The van der Waals surface area contributed by atoms with Crippen LogP contribution in [0.5, 0.6) is 0 Å². The second kappa shape index (κ2) is 5.71. The van der Waals surface area contributed by atoms with Gasteiger partial charge >= 0.3 is 5.97 Å². The molecule has 1 aromatic rings. The summed E-state index contributed by atoms with van der Waals surface area (Å²) in [5, 5.41) is 8.94. The Balaban J connectivity index is 2.86. The summed E-state index contributed by atoms with van der Waals surface area (Å²) >= 11 is 0. The van der Waals surface area contributed by atoms with Crippen LogP contribution in [0.4, 0.5) is 0 Å². The molecule has 1 rings (SSSR count). The number of carboxylic acids is 1. The van der Waals surface area contributed by atoms with E-state index in [1.165, 1.54) is 17.2 Å². The van der Waals surface area contributed by atoms with Crippen molar-refractivity contribution < 1.29 is 19.1 Å². The highest BCUT2D eigenvalue weighted by Crippen LogP contribution is 2.17. The molecule has 1 N–H and O–H groups in total. The van der Waals surface area contributed by atoms with Crippen LogP contribution >= 0.6 is 0 Å². The fraction of sp³-hybridized carbons (Fsp3) is 0.538. The number of carbonyl (C=O) groups is 2. The summed E-state index contributed by atoms with van der Waals surface area (Å²) < 4.78 is 4.99. The molecule has 0 fully saturated rings. The predicted octanol–water partition coefficient (Wildman–Crippen LogP) is 2.48. The Bertz CT molecular complexity index is 436. The minimum Gasteiger partial charge on any atom is -0.478 e. The maximum absolute atomic E-state index is 12.1. The van der Waals surface area contributed by atoms with Gasteiger partial charge in [-0.3, -0.25) is 4.79 Å². The van der Waals surface area contributed by atoms with Crippen LogP contribution in [0.2, 0.25) is 0 Å². The molecule has 0 aliphatic carbocycles. The van der Waals surface area contributed by atoms with Gasteiger partial charge in [0, 0.05) is 13.1 Å². The van der Waals surface area contributed by atoms with Gasteiger partial charge in [0.1, 0.15) is 5.56 Å². The number of nitrogens with zero attached hydrogens (tertiary/aromatic N) is 1. The molecule has 0 bridgehead atoms. The molecule has 0 aromatic carbocycles. The highest BCUT2D eigenvalue weighted by Gasteiger charge is 2.26. The van der Waals surface area contributed by atoms with E-state index in [-0.39, 0.29) is 17.4 Å². The van der Waals surface area contributed by atoms with Crippen LogP contribution in [-0.2, 0) is 0 Å². The van der Waals surface area contributed by atoms with E-state index in [0.717, 1.165) is 6.42 Å². The van der Waals surface area contributed by atoms with Crippen molar-refractivity contribution in [1.29, 1.82) is 0 Å². The van der Waals surface area contributed by atoms with Crippen LogP contribution < -0.4 is 0 Å². The van der Waals surface area contributed by atoms with Crippen molar-refractivity contribution in [3.8, 4) is 0 Å². The number of aromatic carboxylic acids is 1. The van der Waals surface area contributed by atoms with Crippen molar-refractivity contribution in [2.75, 3.05) is 7.05 Å². The number of furan rings is 1. The first-order valence-electron chi connectivity index (χ1n) is 5.92. The largest absolute Gasteiger partial charge is 0.478 e. The zero-order valence-electron chi connectivity index (χ0n) is 11.1. The second-order valence-corrected chi connectivity index (χ2v) is 4.86. The van der Waals surface area contributed by atoms with Gasteiger partial charge in [0.25, 0.3) is 5.91 Å². The summed E-state index contributed by atoms with van der Waals surface area (Å²) in [6, 6.07) is 1.32. The molecule has 0 aliphatic heterocycles. The molecule has 5 nitrogen and oxygen atoms in total. The monoisotopic (exact) mass is 253 g/mol. The van der Waals surface area contributed by atoms with Crippen molar-refractivity contribution in [1.82, 2.24) is 4.90 Å². The van der Waals surface area contributed by atoms with E-state index in [0.29, 0.717) is 5.92 Å². The van der Waals surface area contributed by atoms with Crippen LogP contribution in [0.3, 0.4) is 0 Å². The molecular formula is C13H19NO4.